The highest BCUT2D eigenvalue weighted by molar-refractivity contribution is 5.87. The van der Waals surface area contributed by atoms with E-state index in [0.717, 1.165) is 5.56 Å². The smallest absolute Gasteiger partial charge is 0.408 e. The first-order valence-corrected chi connectivity index (χ1v) is 8.89. The Morgan fingerprint density at radius 2 is 1.77 bits per heavy atom. The summed E-state index contributed by atoms with van der Waals surface area (Å²) in [6.45, 7) is 9.30. The van der Waals surface area contributed by atoms with Gasteiger partial charge in [0.25, 0.3) is 0 Å². The number of amides is 2. The first kappa shape index (κ1) is 20.0. The molecule has 0 bridgehead atoms. The van der Waals surface area contributed by atoms with Crippen LogP contribution in [0.4, 0.5) is 10.5 Å². The van der Waals surface area contributed by atoms with Gasteiger partial charge in [-0.25, -0.2) is 4.79 Å². The molecule has 1 saturated heterocycles. The first-order valence-electron chi connectivity index (χ1n) is 8.89. The molecule has 1 aromatic carbocycles. The number of nitrogens with zero attached hydrogens (tertiary/aromatic N) is 1. The lowest BCUT2D eigenvalue weighted by Gasteiger charge is -2.33. The summed E-state index contributed by atoms with van der Waals surface area (Å²) >= 11 is 0. The maximum Gasteiger partial charge on any atom is 0.408 e. The minimum absolute atomic E-state index is 0.136. The Balaban J connectivity index is 2.20. The zero-order valence-electron chi connectivity index (χ0n) is 16.0. The Hall–Kier alpha value is -2.28. The van der Waals surface area contributed by atoms with E-state index in [2.05, 4.69) is 5.32 Å². The van der Waals surface area contributed by atoms with Gasteiger partial charge in [-0.3, -0.25) is 4.79 Å². The van der Waals surface area contributed by atoms with Gasteiger partial charge in [0.2, 0.25) is 5.91 Å². The summed E-state index contributed by atoms with van der Waals surface area (Å²) in [6, 6.07) is 6.59. The monoisotopic (exact) mass is 363 g/mol. The fraction of sp³-hybridized carbons (Fsp3) is 0.579. The minimum atomic E-state index is -0.730. The SMILES string of the molecule is C[C@@H](c1ccc(N)cc1)[C@@H](NC(=O)OC(C)(C)C)C(=O)N1CCOCC1. The van der Waals surface area contributed by atoms with Crippen LogP contribution < -0.4 is 11.1 Å². The van der Waals surface area contributed by atoms with Crippen molar-refractivity contribution in [3.63, 3.8) is 0 Å². The van der Waals surface area contributed by atoms with Crippen molar-refractivity contribution < 1.29 is 19.1 Å². The molecule has 0 aromatic heterocycles. The zero-order valence-corrected chi connectivity index (χ0v) is 16.0. The molecule has 7 heteroatoms. The van der Waals surface area contributed by atoms with E-state index in [1.165, 1.54) is 0 Å². The second kappa shape index (κ2) is 8.40. The predicted molar refractivity (Wildman–Crippen MR) is 99.8 cm³/mol. The topological polar surface area (TPSA) is 93.9 Å². The van der Waals surface area contributed by atoms with Crippen molar-refractivity contribution in [2.45, 2.75) is 45.3 Å². The summed E-state index contributed by atoms with van der Waals surface area (Å²) in [5.74, 6) is -0.373. The van der Waals surface area contributed by atoms with E-state index in [0.29, 0.717) is 32.0 Å². The number of nitrogens with two attached hydrogens (primary N) is 1. The number of carbonyl (C=O) groups excluding carboxylic acids is 2. The van der Waals surface area contributed by atoms with Gasteiger partial charge in [0, 0.05) is 24.7 Å². The van der Waals surface area contributed by atoms with E-state index in [1.54, 1.807) is 37.8 Å². The van der Waals surface area contributed by atoms with Gasteiger partial charge >= 0.3 is 6.09 Å². The Morgan fingerprint density at radius 1 is 1.19 bits per heavy atom. The maximum atomic E-state index is 13.1. The Labute approximate surface area is 154 Å². The number of hydrogen-bond donors (Lipinski definition) is 2. The number of hydrogen-bond acceptors (Lipinski definition) is 5. The molecule has 1 fully saturated rings. The van der Waals surface area contributed by atoms with E-state index < -0.39 is 17.7 Å². The number of nitrogens with one attached hydrogen (secondary N) is 1. The van der Waals surface area contributed by atoms with Crippen LogP contribution in [0.15, 0.2) is 24.3 Å². The van der Waals surface area contributed by atoms with E-state index in [1.807, 2.05) is 19.1 Å². The largest absolute Gasteiger partial charge is 0.444 e. The van der Waals surface area contributed by atoms with Crippen LogP contribution in [0.25, 0.3) is 0 Å². The van der Waals surface area contributed by atoms with Gasteiger partial charge in [-0.05, 0) is 38.5 Å². The van der Waals surface area contributed by atoms with Crippen molar-refractivity contribution in [2.24, 2.45) is 0 Å². The summed E-state index contributed by atoms with van der Waals surface area (Å²) in [5, 5.41) is 2.76. The molecule has 26 heavy (non-hydrogen) atoms. The Bertz CT molecular complexity index is 619. The molecule has 1 aliphatic heterocycles. The molecule has 2 atom stereocenters. The third-order valence-corrected chi connectivity index (χ3v) is 4.22. The standard InChI is InChI=1S/C19H29N3O4/c1-13(14-5-7-15(20)8-6-14)16(21-18(24)26-19(2,3)4)17(23)22-9-11-25-12-10-22/h5-8,13,16H,9-12,20H2,1-4H3,(H,21,24)/t13-,16+/m0/s1. The van der Waals surface area contributed by atoms with Gasteiger partial charge in [0.05, 0.1) is 13.2 Å². The van der Waals surface area contributed by atoms with E-state index in [9.17, 15) is 9.59 Å². The molecule has 144 valence electrons. The van der Waals surface area contributed by atoms with Crippen LogP contribution in [0.5, 0.6) is 0 Å². The van der Waals surface area contributed by atoms with Crippen LogP contribution in [-0.4, -0.2) is 54.8 Å². The normalized spacial score (nSPS) is 17.3. The second-order valence-electron chi connectivity index (χ2n) is 7.52. The van der Waals surface area contributed by atoms with Gasteiger partial charge in [0.1, 0.15) is 11.6 Å². The molecule has 0 saturated carbocycles. The lowest BCUT2D eigenvalue weighted by molar-refractivity contribution is -0.138. The highest BCUT2D eigenvalue weighted by Gasteiger charge is 2.33. The van der Waals surface area contributed by atoms with Crippen molar-refractivity contribution in [3.05, 3.63) is 29.8 Å². The molecular weight excluding hydrogens is 334 g/mol. The molecule has 1 heterocycles. The number of alkyl carbamates (subject to hydrolysis) is 1. The summed E-state index contributed by atoms with van der Waals surface area (Å²) in [5.41, 5.74) is 6.68. The Kier molecular flexibility index (Phi) is 6.47. The summed E-state index contributed by atoms with van der Waals surface area (Å²) in [7, 11) is 0. The molecule has 3 N–H and O–H groups in total. The molecule has 0 radical (unpaired) electrons. The average Bonchev–Trinajstić information content (AvgIpc) is 2.58. The van der Waals surface area contributed by atoms with Crippen LogP contribution in [0.1, 0.15) is 39.2 Å². The quantitative estimate of drug-likeness (QED) is 0.799. The van der Waals surface area contributed by atoms with Gasteiger partial charge in [0.15, 0.2) is 0 Å². The first-order chi connectivity index (χ1) is 12.2. The number of morpholine rings is 1. The molecule has 7 nitrogen and oxygen atoms in total. The number of benzene rings is 1. The highest BCUT2D eigenvalue weighted by Crippen LogP contribution is 2.23. The minimum Gasteiger partial charge on any atom is -0.444 e. The van der Waals surface area contributed by atoms with Crippen LogP contribution >= 0.6 is 0 Å². The molecule has 0 spiro atoms. The average molecular weight is 363 g/mol. The van der Waals surface area contributed by atoms with Gasteiger partial charge < -0.3 is 25.4 Å². The molecule has 1 aliphatic rings. The van der Waals surface area contributed by atoms with Crippen LogP contribution in [0, 0.1) is 0 Å². The highest BCUT2D eigenvalue weighted by atomic mass is 16.6. The van der Waals surface area contributed by atoms with Crippen molar-refractivity contribution in [3.8, 4) is 0 Å². The number of ether oxygens (including phenoxy) is 2. The summed E-state index contributed by atoms with van der Waals surface area (Å²) in [4.78, 5) is 27.1. The second-order valence-corrected chi connectivity index (χ2v) is 7.52. The zero-order chi connectivity index (χ0) is 19.3. The number of anilines is 1. The van der Waals surface area contributed by atoms with Crippen LogP contribution in [0.2, 0.25) is 0 Å². The molecular formula is C19H29N3O4. The van der Waals surface area contributed by atoms with Crippen LogP contribution in [-0.2, 0) is 14.3 Å². The summed E-state index contributed by atoms with van der Waals surface area (Å²) in [6.07, 6.45) is -0.605. The van der Waals surface area contributed by atoms with E-state index in [-0.39, 0.29) is 11.8 Å². The lowest BCUT2D eigenvalue weighted by atomic mass is 9.92. The van der Waals surface area contributed by atoms with Crippen molar-refractivity contribution in [1.82, 2.24) is 10.2 Å². The number of nitrogen functional groups attached to an aromatic ring is 1. The van der Waals surface area contributed by atoms with Crippen LogP contribution in [0.3, 0.4) is 0 Å². The van der Waals surface area contributed by atoms with E-state index in [4.69, 9.17) is 15.2 Å². The fourth-order valence-electron chi connectivity index (χ4n) is 2.81. The van der Waals surface area contributed by atoms with Crippen molar-refractivity contribution in [2.75, 3.05) is 32.0 Å². The van der Waals surface area contributed by atoms with Gasteiger partial charge in [-0.1, -0.05) is 19.1 Å². The van der Waals surface area contributed by atoms with Gasteiger partial charge in [-0.15, -0.1) is 0 Å². The van der Waals surface area contributed by atoms with Crippen molar-refractivity contribution >= 4 is 17.7 Å². The van der Waals surface area contributed by atoms with Gasteiger partial charge in [-0.2, -0.15) is 0 Å². The molecule has 2 amide bonds. The number of rotatable bonds is 4. The maximum absolute atomic E-state index is 13.1. The number of carbonyl (C=O) groups is 2. The summed E-state index contributed by atoms with van der Waals surface area (Å²) < 4.78 is 10.7. The third kappa shape index (κ3) is 5.62. The predicted octanol–water partition coefficient (Wildman–Crippen LogP) is 2.12. The lowest BCUT2D eigenvalue weighted by Crippen LogP contribution is -2.54. The van der Waals surface area contributed by atoms with Crippen molar-refractivity contribution in [1.29, 1.82) is 0 Å². The Morgan fingerprint density at radius 3 is 2.31 bits per heavy atom. The molecule has 2 rings (SSSR count). The molecule has 0 aliphatic carbocycles. The molecule has 0 unspecified atom stereocenters. The molecule has 1 aromatic rings. The van der Waals surface area contributed by atoms with E-state index >= 15 is 0 Å². The fourth-order valence-corrected chi connectivity index (χ4v) is 2.81. The third-order valence-electron chi connectivity index (χ3n) is 4.22.